The number of halogens is 1. The number of carbonyl (C=O) groups excluding carboxylic acids is 1. The SMILES string of the molecule is CC12C=CN=C(N)C1C=CC(CNC(=O)c1ccnc(Cc3cc(S(C)(=O)=O)c4ncc(F)cc4c3)c1)=C2. The molecule has 5 rings (SSSR count). The van der Waals surface area contributed by atoms with Crippen molar-refractivity contribution in [1.29, 1.82) is 0 Å². The van der Waals surface area contributed by atoms with E-state index in [2.05, 4.69) is 33.3 Å². The van der Waals surface area contributed by atoms with Crippen molar-refractivity contribution in [1.82, 2.24) is 15.3 Å². The van der Waals surface area contributed by atoms with Gasteiger partial charge in [0.05, 0.1) is 16.6 Å². The maximum Gasteiger partial charge on any atom is 0.251 e. The molecular formula is C28H26FN5O3S. The smallest absolute Gasteiger partial charge is 0.251 e. The maximum atomic E-state index is 13.8. The third-order valence-corrected chi connectivity index (χ3v) is 7.85. The Morgan fingerprint density at radius 3 is 2.82 bits per heavy atom. The zero-order valence-electron chi connectivity index (χ0n) is 20.8. The molecule has 3 aromatic rings. The normalized spacial score (nSPS) is 20.6. The van der Waals surface area contributed by atoms with Crippen LogP contribution in [0.3, 0.4) is 0 Å². The number of nitrogens with two attached hydrogens (primary N) is 1. The number of aliphatic imine (C=N–C) groups is 1. The molecule has 8 nitrogen and oxygen atoms in total. The van der Waals surface area contributed by atoms with Crippen LogP contribution in [0, 0.1) is 17.2 Å². The summed E-state index contributed by atoms with van der Waals surface area (Å²) in [7, 11) is -3.61. The molecule has 1 aromatic carbocycles. The van der Waals surface area contributed by atoms with Gasteiger partial charge in [-0.1, -0.05) is 31.2 Å². The molecule has 1 aliphatic carbocycles. The van der Waals surface area contributed by atoms with E-state index < -0.39 is 15.7 Å². The standard InChI is InChI=1S/C28H26FN5O3S/c1-28-6-8-32-26(30)23(28)4-3-17(14-28)15-34-27(35)19-5-7-31-22(13-19)10-18-9-20-12-21(29)16-33-25(20)24(11-18)38(2,36)37/h3-9,11-14,16,23H,10,15H2,1-2H3,(H2,30,32)(H,34,35). The molecular weight excluding hydrogens is 505 g/mol. The number of hydrogen-bond donors (Lipinski definition) is 2. The fourth-order valence-corrected chi connectivity index (χ4v) is 5.74. The van der Waals surface area contributed by atoms with Crippen molar-refractivity contribution in [2.75, 3.05) is 12.8 Å². The van der Waals surface area contributed by atoms with Crippen LogP contribution in [0.15, 0.2) is 88.7 Å². The van der Waals surface area contributed by atoms with Gasteiger partial charge in [-0.3, -0.25) is 14.8 Å². The zero-order chi connectivity index (χ0) is 27.1. The Labute approximate surface area is 219 Å². The van der Waals surface area contributed by atoms with Crippen LogP contribution in [0.5, 0.6) is 0 Å². The Morgan fingerprint density at radius 1 is 1.21 bits per heavy atom. The van der Waals surface area contributed by atoms with Gasteiger partial charge in [-0.2, -0.15) is 0 Å². The number of benzene rings is 1. The number of aromatic nitrogens is 2. The highest BCUT2D eigenvalue weighted by Gasteiger charge is 2.35. The number of carbonyl (C=O) groups is 1. The molecule has 0 saturated carbocycles. The van der Waals surface area contributed by atoms with Crippen LogP contribution in [0.25, 0.3) is 10.9 Å². The molecule has 194 valence electrons. The molecule has 10 heteroatoms. The van der Waals surface area contributed by atoms with Gasteiger partial charge >= 0.3 is 0 Å². The van der Waals surface area contributed by atoms with E-state index in [0.29, 0.717) is 34.6 Å². The lowest BCUT2D eigenvalue weighted by molar-refractivity contribution is 0.0957. The highest BCUT2D eigenvalue weighted by atomic mass is 32.2. The maximum absolute atomic E-state index is 13.8. The van der Waals surface area contributed by atoms with Gasteiger partial charge in [0.25, 0.3) is 5.91 Å². The van der Waals surface area contributed by atoms with Gasteiger partial charge in [-0.25, -0.2) is 17.8 Å². The first-order valence-corrected chi connectivity index (χ1v) is 13.8. The molecule has 0 bridgehead atoms. The average Bonchev–Trinajstić information content (AvgIpc) is 2.86. The Bertz CT molecular complexity index is 1690. The minimum Gasteiger partial charge on any atom is -0.387 e. The van der Waals surface area contributed by atoms with E-state index >= 15 is 0 Å². The second-order valence-corrected chi connectivity index (χ2v) is 11.8. The number of sulfone groups is 1. The van der Waals surface area contributed by atoms with E-state index in [1.54, 1.807) is 24.4 Å². The number of hydrogen-bond acceptors (Lipinski definition) is 7. The number of rotatable bonds is 6. The third kappa shape index (κ3) is 5.12. The summed E-state index contributed by atoms with van der Waals surface area (Å²) in [5, 5.41) is 3.32. The molecule has 0 fully saturated rings. The molecule has 1 amide bonds. The number of allylic oxidation sites excluding steroid dienone is 2. The summed E-state index contributed by atoms with van der Waals surface area (Å²) >= 11 is 0. The lowest BCUT2D eigenvalue weighted by atomic mass is 9.71. The summed E-state index contributed by atoms with van der Waals surface area (Å²) in [5.41, 5.74) is 8.51. The molecule has 2 aliphatic rings. The number of fused-ring (bicyclic) bond motifs is 2. The van der Waals surface area contributed by atoms with Crippen molar-refractivity contribution in [2.45, 2.75) is 18.2 Å². The van der Waals surface area contributed by atoms with E-state index in [4.69, 9.17) is 5.73 Å². The molecule has 3 heterocycles. The van der Waals surface area contributed by atoms with E-state index in [1.165, 1.54) is 18.3 Å². The van der Waals surface area contributed by atoms with Crippen molar-refractivity contribution < 1.29 is 17.6 Å². The van der Waals surface area contributed by atoms with Gasteiger partial charge in [0, 0.05) is 59.6 Å². The van der Waals surface area contributed by atoms with Gasteiger partial charge in [-0.05, 0) is 41.5 Å². The summed E-state index contributed by atoms with van der Waals surface area (Å²) in [5.74, 6) is -0.279. The fourth-order valence-electron chi connectivity index (χ4n) is 4.85. The van der Waals surface area contributed by atoms with E-state index in [-0.39, 0.29) is 34.1 Å². The number of amidine groups is 1. The van der Waals surface area contributed by atoms with Crippen LogP contribution >= 0.6 is 0 Å². The topological polar surface area (TPSA) is 127 Å². The Hall–Kier alpha value is -4.18. The summed E-state index contributed by atoms with van der Waals surface area (Å²) in [4.78, 5) is 25.4. The molecule has 1 aliphatic heterocycles. The van der Waals surface area contributed by atoms with Gasteiger partial charge < -0.3 is 11.1 Å². The number of amides is 1. The molecule has 3 N–H and O–H groups in total. The number of nitrogens with one attached hydrogen (secondary N) is 1. The molecule has 2 atom stereocenters. The lowest BCUT2D eigenvalue weighted by Gasteiger charge is -2.35. The van der Waals surface area contributed by atoms with Crippen LogP contribution in [-0.2, 0) is 16.3 Å². The first-order chi connectivity index (χ1) is 18.0. The largest absolute Gasteiger partial charge is 0.387 e. The molecule has 0 saturated heterocycles. The predicted molar refractivity (Wildman–Crippen MR) is 144 cm³/mol. The van der Waals surface area contributed by atoms with Gasteiger partial charge in [-0.15, -0.1) is 0 Å². The van der Waals surface area contributed by atoms with Gasteiger partial charge in [0.1, 0.15) is 11.7 Å². The van der Waals surface area contributed by atoms with Crippen molar-refractivity contribution in [2.24, 2.45) is 22.1 Å². The Balaban J connectivity index is 1.33. The van der Waals surface area contributed by atoms with Crippen LogP contribution in [0.4, 0.5) is 4.39 Å². The molecule has 2 aromatic heterocycles. The predicted octanol–water partition coefficient (Wildman–Crippen LogP) is 3.50. The molecule has 2 unspecified atom stereocenters. The first-order valence-electron chi connectivity index (χ1n) is 11.9. The first kappa shape index (κ1) is 25.5. The Morgan fingerprint density at radius 2 is 2.03 bits per heavy atom. The summed E-state index contributed by atoms with van der Waals surface area (Å²) in [6.07, 6.45) is 13.6. The highest BCUT2D eigenvalue weighted by molar-refractivity contribution is 7.91. The van der Waals surface area contributed by atoms with Crippen LogP contribution in [-0.4, -0.2) is 42.9 Å². The van der Waals surface area contributed by atoms with Crippen molar-refractivity contribution in [3.63, 3.8) is 0 Å². The lowest BCUT2D eigenvalue weighted by Crippen LogP contribution is -2.38. The van der Waals surface area contributed by atoms with Crippen LogP contribution in [0.1, 0.15) is 28.5 Å². The van der Waals surface area contributed by atoms with Gasteiger partial charge in [0.15, 0.2) is 9.84 Å². The minimum atomic E-state index is -3.61. The van der Waals surface area contributed by atoms with Crippen molar-refractivity contribution in [3.05, 3.63) is 101 Å². The summed E-state index contributed by atoms with van der Waals surface area (Å²) < 4.78 is 38.5. The number of pyridine rings is 2. The highest BCUT2D eigenvalue weighted by Crippen LogP contribution is 2.38. The second kappa shape index (κ2) is 9.60. The van der Waals surface area contributed by atoms with E-state index in [1.807, 2.05) is 18.2 Å². The van der Waals surface area contributed by atoms with E-state index in [9.17, 15) is 17.6 Å². The van der Waals surface area contributed by atoms with Crippen LogP contribution < -0.4 is 11.1 Å². The molecule has 0 spiro atoms. The van der Waals surface area contributed by atoms with Gasteiger partial charge in [0.2, 0.25) is 0 Å². The molecule has 0 radical (unpaired) electrons. The fraction of sp³-hybridized carbons (Fsp3) is 0.214. The Kier molecular flexibility index (Phi) is 6.44. The van der Waals surface area contributed by atoms with Crippen LogP contribution in [0.2, 0.25) is 0 Å². The zero-order valence-corrected chi connectivity index (χ0v) is 21.7. The second-order valence-electron chi connectivity index (χ2n) is 9.78. The molecule has 38 heavy (non-hydrogen) atoms. The summed E-state index contributed by atoms with van der Waals surface area (Å²) in [6.45, 7) is 2.41. The third-order valence-electron chi connectivity index (χ3n) is 6.74. The quantitative estimate of drug-likeness (QED) is 0.501. The average molecular weight is 532 g/mol. The number of nitrogens with zero attached hydrogens (tertiary/aromatic N) is 3. The minimum absolute atomic E-state index is 0.0136. The van der Waals surface area contributed by atoms with Crippen molar-refractivity contribution >= 4 is 32.5 Å². The van der Waals surface area contributed by atoms with E-state index in [0.717, 1.165) is 18.0 Å². The van der Waals surface area contributed by atoms with Crippen molar-refractivity contribution in [3.8, 4) is 0 Å². The monoisotopic (exact) mass is 531 g/mol. The summed E-state index contributed by atoms with van der Waals surface area (Å²) in [6, 6.07) is 7.72.